The third-order valence-corrected chi connectivity index (χ3v) is 5.97. The van der Waals surface area contributed by atoms with Crippen LogP contribution in [0.15, 0.2) is 10.7 Å². The van der Waals surface area contributed by atoms with Crippen molar-refractivity contribution < 1.29 is 28.4 Å². The molecule has 3 atom stereocenters. The maximum absolute atomic E-state index is 12.4. The number of ether oxygens (including phenoxy) is 2. The third-order valence-electron chi connectivity index (χ3n) is 5.97. The van der Waals surface area contributed by atoms with E-state index in [9.17, 15) is 9.59 Å². The summed E-state index contributed by atoms with van der Waals surface area (Å²) in [5.74, 6) is 1.62. The molecule has 2 amide bonds. The molecule has 10 nitrogen and oxygen atoms in total. The van der Waals surface area contributed by atoms with Gasteiger partial charge in [0.1, 0.15) is 6.10 Å². The highest BCUT2D eigenvalue weighted by atomic mass is 16.6. The lowest BCUT2D eigenvalue weighted by Crippen LogP contribution is -2.65. The minimum Gasteiger partial charge on any atom is -0.450 e. The number of aromatic nitrogens is 2. The maximum Gasteiger partial charge on any atom is 0.414 e. The zero-order chi connectivity index (χ0) is 21.7. The fourth-order valence-electron chi connectivity index (χ4n) is 4.24. The van der Waals surface area contributed by atoms with E-state index in [4.69, 9.17) is 14.0 Å². The van der Waals surface area contributed by atoms with Crippen molar-refractivity contribution in [2.24, 2.45) is 17.8 Å². The predicted molar refractivity (Wildman–Crippen MR) is 108 cm³/mol. The molecule has 0 bridgehead atoms. The Labute approximate surface area is 177 Å². The van der Waals surface area contributed by atoms with E-state index in [0.29, 0.717) is 50.5 Å². The van der Waals surface area contributed by atoms with Crippen LogP contribution < -0.4 is 15.1 Å². The third kappa shape index (κ3) is 5.54. The molecular formula is C20H34N5O5+. The number of hydrogen-bond acceptors (Lipinski definition) is 7. The maximum atomic E-state index is 12.4. The minimum absolute atomic E-state index is 0.0836. The van der Waals surface area contributed by atoms with Crippen molar-refractivity contribution in [2.75, 3.05) is 43.1 Å². The number of amides is 2. The van der Waals surface area contributed by atoms with Crippen LogP contribution in [0.4, 0.5) is 15.5 Å². The summed E-state index contributed by atoms with van der Waals surface area (Å²) in [4.78, 5) is 27.4. The van der Waals surface area contributed by atoms with Gasteiger partial charge in [0.2, 0.25) is 5.27 Å². The number of rotatable bonds is 5. The molecule has 1 saturated carbocycles. The lowest BCUT2D eigenvalue weighted by atomic mass is 9.75. The van der Waals surface area contributed by atoms with Crippen molar-refractivity contribution in [2.45, 2.75) is 53.1 Å². The Hall–Kier alpha value is -2.52. The van der Waals surface area contributed by atoms with Crippen LogP contribution in [0.25, 0.3) is 0 Å². The van der Waals surface area contributed by atoms with Gasteiger partial charge in [-0.2, -0.15) is 0 Å². The Kier molecular flexibility index (Phi) is 7.38. The summed E-state index contributed by atoms with van der Waals surface area (Å²) < 4.78 is 16.0. The molecule has 2 heterocycles. The van der Waals surface area contributed by atoms with Gasteiger partial charge in [0.25, 0.3) is 6.20 Å². The van der Waals surface area contributed by atoms with E-state index in [-0.39, 0.29) is 18.1 Å². The van der Waals surface area contributed by atoms with Gasteiger partial charge in [0.05, 0.1) is 24.5 Å². The highest BCUT2D eigenvalue weighted by molar-refractivity contribution is 5.82. The van der Waals surface area contributed by atoms with Crippen molar-refractivity contribution in [3.63, 3.8) is 0 Å². The monoisotopic (exact) mass is 424 g/mol. The first kappa shape index (κ1) is 22.2. The topological polar surface area (TPSA) is 101 Å². The predicted octanol–water partition coefficient (Wildman–Crippen LogP) is 2.38. The Morgan fingerprint density at radius 2 is 2.03 bits per heavy atom. The summed E-state index contributed by atoms with van der Waals surface area (Å²) in [6, 6.07) is 0. The summed E-state index contributed by atoms with van der Waals surface area (Å²) in [7, 11) is 0. The molecule has 1 aromatic rings. The molecule has 30 heavy (non-hydrogen) atoms. The molecular weight excluding hydrogens is 390 g/mol. The SMILES string of the molecule is CCOC(=O)N1CCN([n+]2cc(NC(=O)OC3CC(C)CCC3C(C)C)on2)CC1. The Morgan fingerprint density at radius 3 is 2.70 bits per heavy atom. The molecule has 3 unspecified atom stereocenters. The molecule has 0 radical (unpaired) electrons. The Balaban J connectivity index is 1.50. The van der Waals surface area contributed by atoms with E-state index in [0.717, 1.165) is 12.8 Å². The van der Waals surface area contributed by atoms with Crippen LogP contribution in [-0.2, 0) is 9.47 Å². The molecule has 168 valence electrons. The van der Waals surface area contributed by atoms with E-state index < -0.39 is 6.09 Å². The van der Waals surface area contributed by atoms with Crippen LogP contribution in [0, 0.1) is 17.8 Å². The quantitative estimate of drug-likeness (QED) is 0.724. The number of piperazine rings is 1. The van der Waals surface area contributed by atoms with Crippen molar-refractivity contribution >= 4 is 18.1 Å². The number of carbonyl (C=O) groups excluding carboxylic acids is 2. The summed E-state index contributed by atoms with van der Waals surface area (Å²) in [5, 5.41) is 8.53. The van der Waals surface area contributed by atoms with Gasteiger partial charge >= 0.3 is 18.1 Å². The Morgan fingerprint density at radius 1 is 1.30 bits per heavy atom. The molecule has 0 spiro atoms. The summed E-state index contributed by atoms with van der Waals surface area (Å²) in [6.07, 6.45) is 3.84. The van der Waals surface area contributed by atoms with Gasteiger partial charge in [0, 0.05) is 13.1 Å². The molecule has 1 aromatic heterocycles. The Bertz CT molecular complexity index is 716. The van der Waals surface area contributed by atoms with Gasteiger partial charge in [-0.1, -0.05) is 27.2 Å². The lowest BCUT2D eigenvalue weighted by Gasteiger charge is -2.36. The van der Waals surface area contributed by atoms with E-state index in [2.05, 4.69) is 31.4 Å². The largest absolute Gasteiger partial charge is 0.450 e. The van der Waals surface area contributed by atoms with Gasteiger partial charge in [-0.3, -0.25) is 9.84 Å². The minimum atomic E-state index is -0.518. The van der Waals surface area contributed by atoms with Crippen LogP contribution in [-0.4, -0.2) is 61.2 Å². The van der Waals surface area contributed by atoms with E-state index in [1.165, 1.54) is 11.2 Å². The molecule has 10 heteroatoms. The molecule has 3 rings (SSSR count). The smallest absolute Gasteiger partial charge is 0.414 e. The number of nitrogens with one attached hydrogen (secondary N) is 1. The lowest BCUT2D eigenvalue weighted by molar-refractivity contribution is -0.759. The van der Waals surface area contributed by atoms with Crippen LogP contribution in [0.3, 0.4) is 0 Å². The summed E-state index contributed by atoms with van der Waals surface area (Å²) >= 11 is 0. The zero-order valence-electron chi connectivity index (χ0n) is 18.4. The first-order chi connectivity index (χ1) is 14.4. The van der Waals surface area contributed by atoms with E-state index >= 15 is 0 Å². The van der Waals surface area contributed by atoms with Crippen molar-refractivity contribution in [3.8, 4) is 0 Å². The molecule has 2 aliphatic rings. The standard InChI is InChI=1S/C20H33N5O5/c1-5-28-20(27)23-8-10-24(11-9-23)25-13-18(30-22-25)21-19(26)29-17-12-15(4)6-7-16(17)14(2)3/h13-17H,5-12H2,1-4H3/p+1. The van der Waals surface area contributed by atoms with Crippen LogP contribution in [0.1, 0.15) is 47.0 Å². The van der Waals surface area contributed by atoms with Gasteiger partial charge < -0.3 is 14.4 Å². The van der Waals surface area contributed by atoms with Gasteiger partial charge in [-0.15, -0.1) is 5.01 Å². The van der Waals surface area contributed by atoms with Crippen LogP contribution in [0.2, 0.25) is 0 Å². The fourth-order valence-corrected chi connectivity index (χ4v) is 4.24. The van der Waals surface area contributed by atoms with Crippen molar-refractivity contribution in [1.82, 2.24) is 10.2 Å². The van der Waals surface area contributed by atoms with Crippen molar-refractivity contribution in [3.05, 3.63) is 6.20 Å². The van der Waals surface area contributed by atoms with E-state index in [1.807, 2.05) is 5.01 Å². The average molecular weight is 425 g/mol. The van der Waals surface area contributed by atoms with Gasteiger partial charge in [0.15, 0.2) is 0 Å². The molecule has 1 N–H and O–H groups in total. The first-order valence-corrected chi connectivity index (χ1v) is 10.9. The van der Waals surface area contributed by atoms with Gasteiger partial charge in [-0.25, -0.2) is 9.59 Å². The molecule has 1 aliphatic heterocycles. The molecule has 1 saturated heterocycles. The normalized spacial score (nSPS) is 24.6. The second kappa shape index (κ2) is 9.99. The van der Waals surface area contributed by atoms with Gasteiger partial charge in [-0.05, 0) is 37.5 Å². The fraction of sp³-hybridized carbons (Fsp3) is 0.800. The number of anilines is 1. The second-order valence-electron chi connectivity index (χ2n) is 8.52. The number of nitrogens with zero attached hydrogens (tertiary/aromatic N) is 4. The first-order valence-electron chi connectivity index (χ1n) is 10.9. The highest BCUT2D eigenvalue weighted by Gasteiger charge is 2.34. The molecule has 2 fully saturated rings. The number of hydrogen-bond donors (Lipinski definition) is 1. The van der Waals surface area contributed by atoms with E-state index in [1.54, 1.807) is 18.0 Å². The summed E-state index contributed by atoms with van der Waals surface area (Å²) in [5.41, 5.74) is 0. The average Bonchev–Trinajstić information content (AvgIpc) is 3.16. The van der Waals surface area contributed by atoms with Crippen LogP contribution in [0.5, 0.6) is 0 Å². The number of carbonyl (C=O) groups is 2. The van der Waals surface area contributed by atoms with Crippen LogP contribution >= 0.6 is 0 Å². The highest BCUT2D eigenvalue weighted by Crippen LogP contribution is 2.35. The van der Waals surface area contributed by atoms with Crippen molar-refractivity contribution in [1.29, 1.82) is 0 Å². The summed E-state index contributed by atoms with van der Waals surface area (Å²) in [6.45, 7) is 10.9. The molecule has 0 aromatic carbocycles. The molecule has 1 aliphatic carbocycles. The zero-order valence-corrected chi connectivity index (χ0v) is 18.4. The second-order valence-corrected chi connectivity index (χ2v) is 8.52.